The second kappa shape index (κ2) is 6.48. The molecule has 1 aromatic carbocycles. The summed E-state index contributed by atoms with van der Waals surface area (Å²) in [5.74, 6) is 0. The highest BCUT2D eigenvalue weighted by Crippen LogP contribution is 2.36. The van der Waals surface area contributed by atoms with Crippen LogP contribution in [0.15, 0.2) is 24.4 Å². The quantitative estimate of drug-likeness (QED) is 0.848. The monoisotopic (exact) mass is 351 g/mol. The Kier molecular flexibility index (Phi) is 5.04. The van der Waals surface area contributed by atoms with E-state index in [0.29, 0.717) is 15.9 Å². The minimum atomic E-state index is -4.37. The molecule has 0 amide bonds. The van der Waals surface area contributed by atoms with E-state index < -0.39 is 11.7 Å². The molecule has 0 radical (unpaired) electrons. The molecule has 1 aliphatic rings. The SMILES string of the molecule is Cl.FC(F)(F)c1ccc2c(N3CCNCC3)c(Cl)cnc2c1. The van der Waals surface area contributed by atoms with E-state index in [0.717, 1.165) is 44.0 Å². The van der Waals surface area contributed by atoms with Gasteiger partial charge in [-0.25, -0.2) is 0 Å². The Morgan fingerprint density at radius 3 is 2.50 bits per heavy atom. The van der Waals surface area contributed by atoms with Gasteiger partial charge in [0.25, 0.3) is 0 Å². The van der Waals surface area contributed by atoms with Gasteiger partial charge in [-0.3, -0.25) is 4.98 Å². The van der Waals surface area contributed by atoms with Crippen molar-refractivity contribution in [2.75, 3.05) is 31.1 Å². The van der Waals surface area contributed by atoms with Crippen LogP contribution in [0.25, 0.3) is 10.9 Å². The number of rotatable bonds is 1. The van der Waals surface area contributed by atoms with Crippen molar-refractivity contribution < 1.29 is 13.2 Å². The van der Waals surface area contributed by atoms with E-state index >= 15 is 0 Å². The number of fused-ring (bicyclic) bond motifs is 1. The van der Waals surface area contributed by atoms with Gasteiger partial charge >= 0.3 is 6.18 Å². The first-order valence-electron chi connectivity index (χ1n) is 6.58. The normalized spacial score (nSPS) is 15.7. The van der Waals surface area contributed by atoms with Crippen LogP contribution in [0.1, 0.15) is 5.56 Å². The maximum atomic E-state index is 12.8. The van der Waals surface area contributed by atoms with Crippen molar-refractivity contribution in [2.24, 2.45) is 0 Å². The number of hydrogen-bond acceptors (Lipinski definition) is 3. The van der Waals surface area contributed by atoms with Crippen LogP contribution < -0.4 is 10.2 Å². The smallest absolute Gasteiger partial charge is 0.367 e. The van der Waals surface area contributed by atoms with E-state index in [1.807, 2.05) is 0 Å². The van der Waals surface area contributed by atoms with Crippen molar-refractivity contribution in [3.63, 3.8) is 0 Å². The first kappa shape index (κ1) is 17.1. The van der Waals surface area contributed by atoms with Crippen molar-refractivity contribution in [3.05, 3.63) is 35.0 Å². The molecular formula is C14H14Cl2F3N3. The number of benzene rings is 1. The van der Waals surface area contributed by atoms with Gasteiger partial charge in [0.15, 0.2) is 0 Å². The fraction of sp³-hybridized carbons (Fsp3) is 0.357. The van der Waals surface area contributed by atoms with E-state index in [2.05, 4.69) is 15.2 Å². The number of piperazine rings is 1. The second-order valence-corrected chi connectivity index (χ2v) is 5.33. The molecule has 0 atom stereocenters. The third kappa shape index (κ3) is 3.24. The van der Waals surface area contributed by atoms with Crippen LogP contribution in [0.3, 0.4) is 0 Å². The minimum Gasteiger partial charge on any atom is -0.367 e. The lowest BCUT2D eigenvalue weighted by molar-refractivity contribution is -0.137. The number of hydrogen-bond donors (Lipinski definition) is 1. The first-order valence-corrected chi connectivity index (χ1v) is 6.96. The molecule has 0 aliphatic carbocycles. The molecule has 1 saturated heterocycles. The summed E-state index contributed by atoms with van der Waals surface area (Å²) >= 11 is 6.22. The van der Waals surface area contributed by atoms with Crippen molar-refractivity contribution in [3.8, 4) is 0 Å². The van der Waals surface area contributed by atoms with E-state index in [1.165, 1.54) is 12.3 Å². The maximum absolute atomic E-state index is 12.8. The Labute approximate surface area is 136 Å². The molecule has 0 unspecified atom stereocenters. The van der Waals surface area contributed by atoms with Crippen molar-refractivity contribution in [2.45, 2.75) is 6.18 Å². The molecule has 2 aromatic rings. The highest BCUT2D eigenvalue weighted by Gasteiger charge is 2.31. The van der Waals surface area contributed by atoms with Crippen LogP contribution in [-0.4, -0.2) is 31.2 Å². The molecule has 22 heavy (non-hydrogen) atoms. The van der Waals surface area contributed by atoms with Gasteiger partial charge < -0.3 is 10.2 Å². The molecule has 1 aliphatic heterocycles. The van der Waals surface area contributed by atoms with E-state index in [-0.39, 0.29) is 12.4 Å². The zero-order valence-electron chi connectivity index (χ0n) is 11.5. The average molecular weight is 352 g/mol. The van der Waals surface area contributed by atoms with Crippen molar-refractivity contribution in [1.29, 1.82) is 0 Å². The summed E-state index contributed by atoms with van der Waals surface area (Å²) in [5.41, 5.74) is 0.371. The number of anilines is 1. The van der Waals surface area contributed by atoms with E-state index in [9.17, 15) is 13.2 Å². The van der Waals surface area contributed by atoms with Gasteiger partial charge in [0.05, 0.1) is 21.8 Å². The van der Waals surface area contributed by atoms with Crippen LogP contribution >= 0.6 is 24.0 Å². The molecule has 1 fully saturated rings. The van der Waals surface area contributed by atoms with Crippen LogP contribution in [0.4, 0.5) is 18.9 Å². The Bertz CT molecular complexity index is 670. The summed E-state index contributed by atoms with van der Waals surface area (Å²) in [5, 5.41) is 4.34. The van der Waals surface area contributed by atoms with Gasteiger partial charge in [0.2, 0.25) is 0 Å². The molecule has 3 nitrogen and oxygen atoms in total. The van der Waals surface area contributed by atoms with Gasteiger partial charge in [0.1, 0.15) is 0 Å². The number of halogens is 5. The third-order valence-corrected chi connectivity index (χ3v) is 3.83. The number of nitrogens with one attached hydrogen (secondary N) is 1. The fourth-order valence-corrected chi connectivity index (χ4v) is 2.81. The largest absolute Gasteiger partial charge is 0.416 e. The summed E-state index contributed by atoms with van der Waals surface area (Å²) in [6.45, 7) is 3.17. The van der Waals surface area contributed by atoms with Crippen LogP contribution in [0.5, 0.6) is 0 Å². The number of pyridine rings is 1. The second-order valence-electron chi connectivity index (χ2n) is 4.92. The summed E-state index contributed by atoms with van der Waals surface area (Å²) < 4.78 is 38.3. The molecule has 3 rings (SSSR count). The van der Waals surface area contributed by atoms with E-state index in [1.54, 1.807) is 0 Å². The Morgan fingerprint density at radius 2 is 1.86 bits per heavy atom. The van der Waals surface area contributed by atoms with Gasteiger partial charge in [0, 0.05) is 37.8 Å². The summed E-state index contributed by atoms with van der Waals surface area (Å²) in [4.78, 5) is 6.12. The van der Waals surface area contributed by atoms with Gasteiger partial charge in [-0.15, -0.1) is 12.4 Å². The lowest BCUT2D eigenvalue weighted by Crippen LogP contribution is -2.43. The van der Waals surface area contributed by atoms with Gasteiger partial charge in [-0.05, 0) is 12.1 Å². The molecule has 0 spiro atoms. The Hall–Kier alpha value is -1.24. The molecule has 1 N–H and O–H groups in total. The number of nitrogens with zero attached hydrogens (tertiary/aromatic N) is 2. The summed E-state index contributed by atoms with van der Waals surface area (Å²) in [6.07, 6.45) is -2.95. The molecule has 120 valence electrons. The topological polar surface area (TPSA) is 28.2 Å². The lowest BCUT2D eigenvalue weighted by Gasteiger charge is -2.31. The van der Waals surface area contributed by atoms with Crippen LogP contribution in [0, 0.1) is 0 Å². The maximum Gasteiger partial charge on any atom is 0.416 e. The molecule has 0 saturated carbocycles. The number of alkyl halides is 3. The predicted octanol–water partition coefficient (Wildman–Crippen LogP) is 3.74. The highest BCUT2D eigenvalue weighted by atomic mass is 35.5. The van der Waals surface area contributed by atoms with E-state index in [4.69, 9.17) is 11.6 Å². The Morgan fingerprint density at radius 1 is 1.18 bits per heavy atom. The fourth-order valence-electron chi connectivity index (χ4n) is 2.54. The minimum absolute atomic E-state index is 0. The molecular weight excluding hydrogens is 338 g/mol. The van der Waals surface area contributed by atoms with Gasteiger partial charge in [-0.1, -0.05) is 17.7 Å². The first-order chi connectivity index (χ1) is 9.97. The highest BCUT2D eigenvalue weighted by molar-refractivity contribution is 6.34. The Balaban J connectivity index is 0.00000176. The standard InChI is InChI=1S/C14H13ClF3N3.ClH/c15-11-8-20-12-7-9(14(16,17)18)1-2-10(12)13(11)21-5-3-19-4-6-21;/h1-2,7-8,19H,3-6H2;1H. The molecule has 2 heterocycles. The zero-order chi connectivity index (χ0) is 15.0. The van der Waals surface area contributed by atoms with Crippen LogP contribution in [0.2, 0.25) is 5.02 Å². The zero-order valence-corrected chi connectivity index (χ0v) is 13.0. The average Bonchev–Trinajstić information content (AvgIpc) is 2.46. The summed E-state index contributed by atoms with van der Waals surface area (Å²) in [6, 6.07) is 3.60. The van der Waals surface area contributed by atoms with Gasteiger partial charge in [-0.2, -0.15) is 13.2 Å². The molecule has 1 aromatic heterocycles. The van der Waals surface area contributed by atoms with Crippen molar-refractivity contribution in [1.82, 2.24) is 10.3 Å². The molecule has 8 heteroatoms. The molecule has 0 bridgehead atoms. The predicted molar refractivity (Wildman–Crippen MR) is 84.1 cm³/mol. The van der Waals surface area contributed by atoms with Crippen molar-refractivity contribution >= 4 is 40.6 Å². The number of aromatic nitrogens is 1. The lowest BCUT2D eigenvalue weighted by atomic mass is 10.1. The third-order valence-electron chi connectivity index (χ3n) is 3.56. The van der Waals surface area contributed by atoms with Crippen LogP contribution in [-0.2, 0) is 6.18 Å². The summed E-state index contributed by atoms with van der Waals surface area (Å²) in [7, 11) is 0.